The number of nitrogens with zero attached hydrogens (tertiary/aromatic N) is 3. The van der Waals surface area contributed by atoms with E-state index in [-0.39, 0.29) is 5.56 Å². The lowest BCUT2D eigenvalue weighted by atomic mass is 10.3. The van der Waals surface area contributed by atoms with Gasteiger partial charge in [0.2, 0.25) is 0 Å². The van der Waals surface area contributed by atoms with Crippen molar-refractivity contribution in [3.63, 3.8) is 0 Å². The highest BCUT2D eigenvalue weighted by atomic mass is 32.1. The highest BCUT2D eigenvalue weighted by Gasteiger charge is 2.07. The maximum absolute atomic E-state index is 12.1. The zero-order chi connectivity index (χ0) is 12.4. The Morgan fingerprint density at radius 2 is 2.24 bits per heavy atom. The van der Waals surface area contributed by atoms with E-state index in [1.807, 2.05) is 26.4 Å². The summed E-state index contributed by atoms with van der Waals surface area (Å²) in [5.41, 5.74) is 2.03. The molecule has 2 aromatic heterocycles. The Kier molecular flexibility index (Phi) is 3.59. The van der Waals surface area contributed by atoms with Crippen LogP contribution in [0.5, 0.6) is 0 Å². The Labute approximate surface area is 105 Å². The van der Waals surface area contributed by atoms with Crippen molar-refractivity contribution in [2.24, 2.45) is 0 Å². The first-order valence-electron chi connectivity index (χ1n) is 5.67. The quantitative estimate of drug-likeness (QED) is 0.830. The summed E-state index contributed by atoms with van der Waals surface area (Å²) in [5, 5.41) is 1.99. The van der Waals surface area contributed by atoms with E-state index in [4.69, 9.17) is 0 Å². The molecule has 0 saturated heterocycles. The molecular formula is C12H17N3OS. The largest absolute Gasteiger partial charge is 0.309 e. The maximum atomic E-state index is 12.1. The Bertz CT molecular complexity index is 571. The van der Waals surface area contributed by atoms with E-state index in [0.717, 1.165) is 35.3 Å². The number of rotatable bonds is 4. The van der Waals surface area contributed by atoms with E-state index in [0.29, 0.717) is 0 Å². The van der Waals surface area contributed by atoms with Gasteiger partial charge in [0.25, 0.3) is 5.56 Å². The van der Waals surface area contributed by atoms with Crippen molar-refractivity contribution >= 4 is 21.6 Å². The van der Waals surface area contributed by atoms with Gasteiger partial charge in [0, 0.05) is 6.54 Å². The number of aryl methyl sites for hydroxylation is 2. The van der Waals surface area contributed by atoms with Gasteiger partial charge in [0.15, 0.2) is 0 Å². The second kappa shape index (κ2) is 4.98. The smallest absolute Gasteiger partial charge is 0.271 e. The molecule has 0 amide bonds. The molecule has 0 fully saturated rings. The van der Waals surface area contributed by atoms with Crippen LogP contribution in [0.1, 0.15) is 12.0 Å². The van der Waals surface area contributed by atoms with Gasteiger partial charge >= 0.3 is 0 Å². The molecule has 2 aromatic rings. The minimum atomic E-state index is 0.0897. The highest BCUT2D eigenvalue weighted by Crippen LogP contribution is 2.19. The first-order chi connectivity index (χ1) is 8.09. The van der Waals surface area contributed by atoms with Crippen LogP contribution >= 0.6 is 11.3 Å². The Balaban J connectivity index is 2.24. The molecule has 92 valence electrons. The first-order valence-corrected chi connectivity index (χ1v) is 6.55. The second-order valence-corrected chi connectivity index (χ2v) is 5.38. The highest BCUT2D eigenvalue weighted by molar-refractivity contribution is 7.17. The van der Waals surface area contributed by atoms with Crippen LogP contribution in [0.3, 0.4) is 0 Å². The molecule has 0 radical (unpaired) electrons. The average Bonchev–Trinajstić information content (AvgIpc) is 2.64. The van der Waals surface area contributed by atoms with Crippen LogP contribution in [0.2, 0.25) is 0 Å². The SMILES string of the molecule is Cc1csc2c(=O)n(CCCN(C)C)cnc12. The van der Waals surface area contributed by atoms with Crippen LogP contribution in [-0.2, 0) is 6.54 Å². The van der Waals surface area contributed by atoms with Gasteiger partial charge in [-0.1, -0.05) is 0 Å². The lowest BCUT2D eigenvalue weighted by Crippen LogP contribution is -2.22. The molecule has 0 unspecified atom stereocenters. The molecule has 0 spiro atoms. The molecule has 0 aliphatic carbocycles. The maximum Gasteiger partial charge on any atom is 0.271 e. The van der Waals surface area contributed by atoms with Crippen molar-refractivity contribution in [1.29, 1.82) is 0 Å². The topological polar surface area (TPSA) is 38.1 Å². The predicted octanol–water partition coefficient (Wildman–Crippen LogP) is 1.72. The van der Waals surface area contributed by atoms with Gasteiger partial charge in [0.1, 0.15) is 4.70 Å². The molecule has 0 atom stereocenters. The average molecular weight is 251 g/mol. The van der Waals surface area contributed by atoms with Crippen molar-refractivity contribution in [2.45, 2.75) is 19.9 Å². The van der Waals surface area contributed by atoms with Crippen molar-refractivity contribution < 1.29 is 0 Å². The summed E-state index contributed by atoms with van der Waals surface area (Å²) < 4.78 is 2.48. The molecule has 0 aliphatic rings. The third kappa shape index (κ3) is 2.56. The minimum Gasteiger partial charge on any atom is -0.309 e. The molecule has 5 heteroatoms. The summed E-state index contributed by atoms with van der Waals surface area (Å²) in [5.74, 6) is 0. The summed E-state index contributed by atoms with van der Waals surface area (Å²) >= 11 is 1.49. The van der Waals surface area contributed by atoms with Crippen molar-refractivity contribution in [2.75, 3.05) is 20.6 Å². The van der Waals surface area contributed by atoms with E-state index >= 15 is 0 Å². The molecule has 0 bridgehead atoms. The van der Waals surface area contributed by atoms with Crippen LogP contribution in [0.15, 0.2) is 16.5 Å². The Morgan fingerprint density at radius 3 is 2.94 bits per heavy atom. The predicted molar refractivity (Wildman–Crippen MR) is 71.8 cm³/mol. The number of aromatic nitrogens is 2. The van der Waals surface area contributed by atoms with Gasteiger partial charge in [-0.15, -0.1) is 11.3 Å². The number of hydrogen-bond acceptors (Lipinski definition) is 4. The van der Waals surface area contributed by atoms with E-state index < -0.39 is 0 Å². The Morgan fingerprint density at radius 1 is 1.47 bits per heavy atom. The summed E-state index contributed by atoms with van der Waals surface area (Å²) in [6, 6.07) is 0. The van der Waals surface area contributed by atoms with Gasteiger partial charge in [-0.3, -0.25) is 9.36 Å². The van der Waals surface area contributed by atoms with Crippen LogP contribution in [0, 0.1) is 6.92 Å². The number of fused-ring (bicyclic) bond motifs is 1. The third-order valence-corrected chi connectivity index (χ3v) is 3.80. The summed E-state index contributed by atoms with van der Waals surface area (Å²) in [6.07, 6.45) is 2.63. The fraction of sp³-hybridized carbons (Fsp3) is 0.500. The monoisotopic (exact) mass is 251 g/mol. The van der Waals surface area contributed by atoms with Crippen LogP contribution in [-0.4, -0.2) is 35.1 Å². The minimum absolute atomic E-state index is 0.0897. The number of hydrogen-bond donors (Lipinski definition) is 0. The summed E-state index contributed by atoms with van der Waals surface area (Å²) in [6.45, 7) is 3.70. The Hall–Kier alpha value is -1.20. The molecule has 17 heavy (non-hydrogen) atoms. The van der Waals surface area contributed by atoms with E-state index in [2.05, 4.69) is 9.88 Å². The molecule has 4 nitrogen and oxygen atoms in total. The van der Waals surface area contributed by atoms with E-state index in [1.54, 1.807) is 10.9 Å². The van der Waals surface area contributed by atoms with E-state index in [9.17, 15) is 4.79 Å². The van der Waals surface area contributed by atoms with E-state index in [1.165, 1.54) is 11.3 Å². The molecule has 2 rings (SSSR count). The summed E-state index contributed by atoms with van der Waals surface area (Å²) in [7, 11) is 4.07. The third-order valence-electron chi connectivity index (χ3n) is 2.73. The van der Waals surface area contributed by atoms with Crippen LogP contribution in [0.4, 0.5) is 0 Å². The zero-order valence-electron chi connectivity index (χ0n) is 10.4. The zero-order valence-corrected chi connectivity index (χ0v) is 11.3. The molecule has 0 N–H and O–H groups in total. The molecule has 0 aliphatic heterocycles. The van der Waals surface area contributed by atoms with Crippen molar-refractivity contribution in [3.8, 4) is 0 Å². The first kappa shape index (κ1) is 12.3. The molecule has 2 heterocycles. The van der Waals surface area contributed by atoms with Gasteiger partial charge in [-0.2, -0.15) is 0 Å². The van der Waals surface area contributed by atoms with Crippen LogP contribution in [0.25, 0.3) is 10.2 Å². The van der Waals surface area contributed by atoms with Gasteiger partial charge < -0.3 is 4.90 Å². The van der Waals surface area contributed by atoms with Crippen molar-refractivity contribution in [1.82, 2.24) is 14.5 Å². The fourth-order valence-corrected chi connectivity index (χ4v) is 2.73. The van der Waals surface area contributed by atoms with Crippen molar-refractivity contribution in [3.05, 3.63) is 27.6 Å². The molecule has 0 aromatic carbocycles. The standard InChI is InChI=1S/C12H17N3OS/c1-9-7-17-11-10(9)13-8-15(12(11)16)6-4-5-14(2)3/h7-8H,4-6H2,1-3H3. The molecule has 0 saturated carbocycles. The van der Waals surface area contributed by atoms with Gasteiger partial charge in [-0.05, 0) is 44.9 Å². The lowest BCUT2D eigenvalue weighted by molar-refractivity contribution is 0.384. The fourth-order valence-electron chi connectivity index (χ4n) is 1.78. The molecular weight excluding hydrogens is 234 g/mol. The second-order valence-electron chi connectivity index (χ2n) is 4.50. The lowest BCUT2D eigenvalue weighted by Gasteiger charge is -2.10. The van der Waals surface area contributed by atoms with Gasteiger partial charge in [0.05, 0.1) is 11.8 Å². The normalized spacial score (nSPS) is 11.5. The summed E-state index contributed by atoms with van der Waals surface area (Å²) in [4.78, 5) is 18.6. The van der Waals surface area contributed by atoms with Gasteiger partial charge in [-0.25, -0.2) is 4.98 Å². The number of thiophene rings is 1. The van der Waals surface area contributed by atoms with Crippen LogP contribution < -0.4 is 5.56 Å².